The topological polar surface area (TPSA) is 29.9 Å². The third kappa shape index (κ3) is 2.23. The number of H-pyrrole nitrogens is 1. The van der Waals surface area contributed by atoms with E-state index in [1.54, 1.807) is 6.07 Å². The van der Waals surface area contributed by atoms with E-state index < -0.39 is 5.82 Å². The van der Waals surface area contributed by atoms with Gasteiger partial charge in [-0.25, -0.2) is 4.39 Å². The number of methoxy groups -OCH3 is 1. The second kappa shape index (κ2) is 5.00. The molecule has 0 saturated carbocycles. The van der Waals surface area contributed by atoms with Crippen LogP contribution in [0.25, 0.3) is 16.7 Å². The molecule has 0 spiro atoms. The highest BCUT2D eigenvalue weighted by Crippen LogP contribution is 2.27. The summed E-state index contributed by atoms with van der Waals surface area (Å²) in [6, 6.07) is 9.18. The predicted octanol–water partition coefficient (Wildman–Crippen LogP) is 4.45. The van der Waals surface area contributed by atoms with Crippen molar-refractivity contribution < 1.29 is 9.13 Å². The van der Waals surface area contributed by atoms with Crippen LogP contribution in [-0.2, 0) is 0 Å². The molecule has 0 fully saturated rings. The van der Waals surface area contributed by atoms with E-state index in [4.69, 9.17) is 17.0 Å². The normalized spacial score (nSPS) is 11.0. The van der Waals surface area contributed by atoms with Gasteiger partial charge in [-0.15, -0.1) is 0 Å². The Kier molecular flexibility index (Phi) is 3.29. The first-order chi connectivity index (χ1) is 10.0. The summed E-state index contributed by atoms with van der Waals surface area (Å²) in [6.07, 6.45) is 0. The van der Waals surface area contributed by atoms with Crippen LogP contribution >= 0.6 is 12.2 Å². The molecular weight excluding hydrogens is 287 g/mol. The van der Waals surface area contributed by atoms with E-state index in [0.29, 0.717) is 10.3 Å². The van der Waals surface area contributed by atoms with Crippen molar-refractivity contribution in [1.82, 2.24) is 9.55 Å². The molecule has 0 bridgehead atoms. The lowest BCUT2D eigenvalue weighted by Crippen LogP contribution is -1.96. The lowest BCUT2D eigenvalue weighted by Gasteiger charge is -2.08. The van der Waals surface area contributed by atoms with E-state index in [2.05, 4.69) is 24.9 Å². The Hall–Kier alpha value is -2.14. The second-order valence-corrected chi connectivity index (χ2v) is 5.42. The lowest BCUT2D eigenvalue weighted by atomic mass is 10.1. The number of nitrogens with zero attached hydrogens (tertiary/aromatic N) is 1. The van der Waals surface area contributed by atoms with Crippen molar-refractivity contribution >= 4 is 23.3 Å². The highest BCUT2D eigenvalue weighted by atomic mass is 32.1. The van der Waals surface area contributed by atoms with E-state index in [0.717, 1.165) is 11.2 Å². The minimum Gasteiger partial charge on any atom is -0.494 e. The molecule has 1 aromatic heterocycles. The van der Waals surface area contributed by atoms with Crippen LogP contribution in [0.1, 0.15) is 11.1 Å². The first kappa shape index (κ1) is 13.8. The first-order valence-electron chi connectivity index (χ1n) is 6.57. The Balaban J connectivity index is 2.33. The molecule has 0 radical (unpaired) electrons. The smallest absolute Gasteiger partial charge is 0.182 e. The summed E-state index contributed by atoms with van der Waals surface area (Å²) in [5.74, 6) is -0.206. The predicted molar refractivity (Wildman–Crippen MR) is 84.4 cm³/mol. The quantitative estimate of drug-likeness (QED) is 0.709. The Morgan fingerprint density at radius 2 is 1.90 bits per heavy atom. The number of aromatic nitrogens is 2. The fourth-order valence-corrected chi connectivity index (χ4v) is 2.70. The van der Waals surface area contributed by atoms with Gasteiger partial charge < -0.3 is 9.72 Å². The summed E-state index contributed by atoms with van der Waals surface area (Å²) in [5, 5.41) is 0. The molecule has 0 aliphatic heterocycles. The number of aromatic amines is 1. The standard InChI is InChI=1S/C16H15FN2OS/c1-9-4-5-11(6-10(9)2)19-14-8-15(20-3)12(17)7-13(14)18-16(19)21/h4-8H,1-3H3,(H,18,21). The highest BCUT2D eigenvalue weighted by molar-refractivity contribution is 7.71. The van der Waals surface area contributed by atoms with E-state index in [-0.39, 0.29) is 5.75 Å². The van der Waals surface area contributed by atoms with Crippen molar-refractivity contribution in [3.63, 3.8) is 0 Å². The number of hydrogen-bond donors (Lipinski definition) is 1. The first-order valence-corrected chi connectivity index (χ1v) is 6.98. The summed E-state index contributed by atoms with van der Waals surface area (Å²) in [4.78, 5) is 3.03. The average Bonchev–Trinajstić information content (AvgIpc) is 2.76. The van der Waals surface area contributed by atoms with Crippen molar-refractivity contribution in [1.29, 1.82) is 0 Å². The molecule has 1 N–H and O–H groups in total. The number of nitrogens with one attached hydrogen (secondary N) is 1. The number of benzene rings is 2. The molecule has 21 heavy (non-hydrogen) atoms. The Morgan fingerprint density at radius 1 is 1.14 bits per heavy atom. The van der Waals surface area contributed by atoms with E-state index in [1.165, 1.54) is 24.3 Å². The van der Waals surface area contributed by atoms with Crippen LogP contribution in [0.3, 0.4) is 0 Å². The Bertz CT molecular complexity index is 895. The summed E-state index contributed by atoms with van der Waals surface area (Å²) >= 11 is 5.38. The van der Waals surface area contributed by atoms with Crippen LogP contribution < -0.4 is 4.74 Å². The number of imidazole rings is 1. The molecule has 1 heterocycles. The molecule has 0 unspecified atom stereocenters. The molecule has 5 heteroatoms. The number of aryl methyl sites for hydroxylation is 2. The Morgan fingerprint density at radius 3 is 2.57 bits per heavy atom. The third-order valence-electron chi connectivity index (χ3n) is 3.70. The number of fused-ring (bicyclic) bond motifs is 1. The fourth-order valence-electron chi connectivity index (χ4n) is 2.39. The van der Waals surface area contributed by atoms with E-state index >= 15 is 0 Å². The molecule has 3 nitrogen and oxygen atoms in total. The molecule has 108 valence electrons. The van der Waals surface area contributed by atoms with Gasteiger partial charge in [-0.1, -0.05) is 6.07 Å². The molecule has 0 amide bonds. The summed E-state index contributed by atoms with van der Waals surface area (Å²) in [6.45, 7) is 4.11. The number of rotatable bonds is 2. The zero-order valence-electron chi connectivity index (χ0n) is 12.0. The SMILES string of the molecule is COc1cc2c(cc1F)[nH]c(=S)n2-c1ccc(C)c(C)c1. The Labute approximate surface area is 127 Å². The van der Waals surface area contributed by atoms with Gasteiger partial charge in [0, 0.05) is 17.8 Å². The van der Waals surface area contributed by atoms with Crippen molar-refractivity contribution in [2.75, 3.05) is 7.11 Å². The van der Waals surface area contributed by atoms with Gasteiger partial charge in [-0.05, 0) is 49.3 Å². The minimum absolute atomic E-state index is 0.203. The van der Waals surface area contributed by atoms with E-state index in [1.807, 2.05) is 16.7 Å². The van der Waals surface area contributed by atoms with Crippen molar-refractivity contribution in [3.05, 3.63) is 52.0 Å². The van der Waals surface area contributed by atoms with Crippen LogP contribution in [0, 0.1) is 24.4 Å². The van der Waals surface area contributed by atoms with Crippen molar-refractivity contribution in [3.8, 4) is 11.4 Å². The largest absolute Gasteiger partial charge is 0.494 e. The van der Waals surface area contributed by atoms with Gasteiger partial charge in [-0.3, -0.25) is 4.57 Å². The maximum absolute atomic E-state index is 13.8. The number of ether oxygens (including phenoxy) is 1. The third-order valence-corrected chi connectivity index (χ3v) is 3.99. The van der Waals surface area contributed by atoms with Gasteiger partial charge in [0.1, 0.15) is 0 Å². The van der Waals surface area contributed by atoms with Crippen LogP contribution in [-0.4, -0.2) is 16.7 Å². The van der Waals surface area contributed by atoms with Crippen molar-refractivity contribution in [2.45, 2.75) is 13.8 Å². The maximum Gasteiger partial charge on any atom is 0.182 e. The van der Waals surface area contributed by atoms with Crippen LogP contribution in [0.15, 0.2) is 30.3 Å². The van der Waals surface area contributed by atoms with Gasteiger partial charge in [-0.2, -0.15) is 0 Å². The fraction of sp³-hybridized carbons (Fsp3) is 0.188. The minimum atomic E-state index is -0.409. The molecular formula is C16H15FN2OS. The van der Waals surface area contributed by atoms with Gasteiger partial charge in [0.05, 0.1) is 18.1 Å². The molecule has 0 saturated heterocycles. The average molecular weight is 302 g/mol. The van der Waals surface area contributed by atoms with Gasteiger partial charge in [0.25, 0.3) is 0 Å². The monoisotopic (exact) mass is 302 g/mol. The molecule has 0 aliphatic carbocycles. The molecule has 2 aromatic carbocycles. The lowest BCUT2D eigenvalue weighted by molar-refractivity contribution is 0.387. The van der Waals surface area contributed by atoms with Gasteiger partial charge in [0.2, 0.25) is 0 Å². The zero-order chi connectivity index (χ0) is 15.1. The molecule has 3 rings (SSSR count). The number of hydrogen-bond acceptors (Lipinski definition) is 2. The van der Waals surface area contributed by atoms with Crippen LogP contribution in [0.2, 0.25) is 0 Å². The molecule has 3 aromatic rings. The van der Waals surface area contributed by atoms with Crippen molar-refractivity contribution in [2.24, 2.45) is 0 Å². The highest BCUT2D eigenvalue weighted by Gasteiger charge is 2.12. The summed E-state index contributed by atoms with van der Waals surface area (Å²) in [5.41, 5.74) is 4.78. The maximum atomic E-state index is 13.8. The summed E-state index contributed by atoms with van der Waals surface area (Å²) < 4.78 is 21.3. The van der Waals surface area contributed by atoms with Crippen LogP contribution in [0.5, 0.6) is 5.75 Å². The second-order valence-electron chi connectivity index (χ2n) is 5.04. The molecule has 0 atom stereocenters. The van der Waals surface area contributed by atoms with Crippen LogP contribution in [0.4, 0.5) is 4.39 Å². The van der Waals surface area contributed by atoms with E-state index in [9.17, 15) is 4.39 Å². The molecule has 0 aliphatic rings. The number of halogens is 1. The van der Waals surface area contributed by atoms with Gasteiger partial charge >= 0.3 is 0 Å². The van der Waals surface area contributed by atoms with Gasteiger partial charge in [0.15, 0.2) is 16.3 Å². The zero-order valence-corrected chi connectivity index (χ0v) is 12.8. The summed E-state index contributed by atoms with van der Waals surface area (Å²) in [7, 11) is 1.45.